The molecule has 1 aromatic rings. The molecule has 1 aromatic carbocycles. The highest BCUT2D eigenvalue weighted by Gasteiger charge is 2.44. The SMILES string of the molecule is CCC1(N2CCN(S(=O)(=O)c3ccc(C(F)(F)F)cc3)CC2)CCN(C(=O)NC)C1. The molecular weight excluding hydrogens is 421 g/mol. The highest BCUT2D eigenvalue weighted by Crippen LogP contribution is 2.33. The third kappa shape index (κ3) is 4.28. The number of halogens is 3. The number of sulfonamides is 1. The Hall–Kier alpha value is -1.85. The van der Waals surface area contributed by atoms with Crippen LogP contribution in [-0.2, 0) is 16.2 Å². The molecule has 2 fully saturated rings. The zero-order chi connectivity index (χ0) is 22.2. The summed E-state index contributed by atoms with van der Waals surface area (Å²) in [6.07, 6.45) is -2.85. The van der Waals surface area contributed by atoms with Crippen LogP contribution in [0.5, 0.6) is 0 Å². The minimum absolute atomic E-state index is 0.117. The van der Waals surface area contributed by atoms with Crippen LogP contribution in [0.2, 0.25) is 0 Å². The maximum atomic E-state index is 12.9. The fourth-order valence-electron chi connectivity index (χ4n) is 4.33. The Kier molecular flexibility index (Phi) is 6.35. The van der Waals surface area contributed by atoms with Crippen molar-refractivity contribution in [1.29, 1.82) is 0 Å². The van der Waals surface area contributed by atoms with Crippen LogP contribution in [0.1, 0.15) is 25.3 Å². The molecule has 0 bridgehead atoms. The summed E-state index contributed by atoms with van der Waals surface area (Å²) in [5, 5.41) is 2.64. The van der Waals surface area contributed by atoms with Gasteiger partial charge in [-0.15, -0.1) is 0 Å². The molecule has 30 heavy (non-hydrogen) atoms. The maximum Gasteiger partial charge on any atom is 0.416 e. The van der Waals surface area contributed by atoms with Crippen molar-refractivity contribution >= 4 is 16.1 Å². The second-order valence-electron chi connectivity index (χ2n) is 7.72. The van der Waals surface area contributed by atoms with Crippen molar-refractivity contribution in [3.8, 4) is 0 Å². The number of hydrogen-bond donors (Lipinski definition) is 1. The molecule has 1 atom stereocenters. The van der Waals surface area contributed by atoms with E-state index in [9.17, 15) is 26.4 Å². The number of benzene rings is 1. The fraction of sp³-hybridized carbons (Fsp3) is 0.632. The Bertz CT molecular complexity index is 868. The van der Waals surface area contributed by atoms with Crippen molar-refractivity contribution in [3.05, 3.63) is 29.8 Å². The largest absolute Gasteiger partial charge is 0.416 e. The van der Waals surface area contributed by atoms with E-state index in [-0.39, 0.29) is 29.6 Å². The number of likely N-dealkylation sites (tertiary alicyclic amines) is 1. The van der Waals surface area contributed by atoms with Gasteiger partial charge in [0.15, 0.2) is 0 Å². The quantitative estimate of drug-likeness (QED) is 0.767. The Balaban J connectivity index is 1.68. The minimum Gasteiger partial charge on any atom is -0.341 e. The molecule has 168 valence electrons. The lowest BCUT2D eigenvalue weighted by Gasteiger charge is -2.45. The predicted octanol–water partition coefficient (Wildman–Crippen LogP) is 2.21. The van der Waals surface area contributed by atoms with Gasteiger partial charge in [0.2, 0.25) is 10.0 Å². The smallest absolute Gasteiger partial charge is 0.341 e. The van der Waals surface area contributed by atoms with E-state index < -0.39 is 21.8 Å². The van der Waals surface area contributed by atoms with Crippen molar-refractivity contribution in [1.82, 2.24) is 19.4 Å². The number of carbonyl (C=O) groups is 1. The van der Waals surface area contributed by atoms with Gasteiger partial charge in [-0.25, -0.2) is 13.2 Å². The molecule has 2 aliphatic heterocycles. The van der Waals surface area contributed by atoms with Gasteiger partial charge in [0.25, 0.3) is 0 Å². The molecule has 0 radical (unpaired) electrons. The monoisotopic (exact) mass is 448 g/mol. The standard InChI is InChI=1S/C19H27F3N4O3S/c1-3-18(8-9-24(14-18)17(27)23-2)25-10-12-26(13-11-25)30(28,29)16-6-4-15(5-7-16)19(20,21)22/h4-7H,3,8-14H2,1-2H3,(H,23,27). The fourth-order valence-corrected chi connectivity index (χ4v) is 5.75. The number of piperazine rings is 1. The zero-order valence-electron chi connectivity index (χ0n) is 17.1. The van der Waals surface area contributed by atoms with Crippen LogP contribution >= 0.6 is 0 Å². The molecule has 7 nitrogen and oxygen atoms in total. The van der Waals surface area contributed by atoms with Crippen LogP contribution < -0.4 is 5.32 Å². The summed E-state index contributed by atoms with van der Waals surface area (Å²) in [5.41, 5.74) is -1.06. The van der Waals surface area contributed by atoms with Crippen LogP contribution in [0, 0.1) is 0 Å². The first-order chi connectivity index (χ1) is 14.0. The Morgan fingerprint density at radius 2 is 1.70 bits per heavy atom. The summed E-state index contributed by atoms with van der Waals surface area (Å²) in [4.78, 5) is 15.8. The first kappa shape index (κ1) is 22.8. The summed E-state index contributed by atoms with van der Waals surface area (Å²) >= 11 is 0. The van der Waals surface area contributed by atoms with Crippen molar-refractivity contribution < 1.29 is 26.4 Å². The van der Waals surface area contributed by atoms with E-state index in [0.29, 0.717) is 26.2 Å². The van der Waals surface area contributed by atoms with Crippen molar-refractivity contribution in [3.63, 3.8) is 0 Å². The molecule has 0 aromatic heterocycles. The molecule has 2 heterocycles. The lowest BCUT2D eigenvalue weighted by Crippen LogP contribution is -2.59. The van der Waals surface area contributed by atoms with Gasteiger partial charge in [0.1, 0.15) is 0 Å². The Morgan fingerprint density at radius 3 is 2.20 bits per heavy atom. The Labute approximate surface area is 174 Å². The van der Waals surface area contributed by atoms with Gasteiger partial charge < -0.3 is 10.2 Å². The summed E-state index contributed by atoms with van der Waals surface area (Å²) < 4.78 is 65.3. The average Bonchev–Trinajstić information content (AvgIpc) is 3.19. The lowest BCUT2D eigenvalue weighted by atomic mass is 9.92. The predicted molar refractivity (Wildman–Crippen MR) is 105 cm³/mol. The number of carbonyl (C=O) groups excluding carboxylic acids is 1. The first-order valence-corrected chi connectivity index (χ1v) is 11.4. The molecule has 11 heteroatoms. The van der Waals surface area contributed by atoms with Crippen LogP contribution in [0.3, 0.4) is 0 Å². The number of urea groups is 1. The number of nitrogens with zero attached hydrogens (tertiary/aromatic N) is 3. The lowest BCUT2D eigenvalue weighted by molar-refractivity contribution is -0.137. The molecule has 0 spiro atoms. The highest BCUT2D eigenvalue weighted by atomic mass is 32.2. The van der Waals surface area contributed by atoms with Crippen molar-refractivity contribution in [2.45, 2.75) is 36.4 Å². The van der Waals surface area contributed by atoms with E-state index in [1.807, 2.05) is 0 Å². The van der Waals surface area contributed by atoms with E-state index in [1.165, 1.54) is 4.31 Å². The molecule has 0 saturated carbocycles. The van der Waals surface area contributed by atoms with Crippen LogP contribution in [0.25, 0.3) is 0 Å². The normalized spacial score (nSPS) is 24.2. The summed E-state index contributed by atoms with van der Waals surface area (Å²) in [6, 6.07) is 3.49. The third-order valence-corrected chi connectivity index (χ3v) is 8.13. The summed E-state index contributed by atoms with van der Waals surface area (Å²) in [7, 11) is -2.26. The maximum absolute atomic E-state index is 12.9. The van der Waals surface area contributed by atoms with E-state index in [0.717, 1.165) is 37.1 Å². The molecule has 1 unspecified atom stereocenters. The number of hydrogen-bond acceptors (Lipinski definition) is 4. The summed E-state index contributed by atoms with van der Waals surface area (Å²) in [6.45, 7) is 4.84. The minimum atomic E-state index is -4.51. The Morgan fingerprint density at radius 1 is 1.10 bits per heavy atom. The van der Waals surface area contributed by atoms with E-state index in [1.54, 1.807) is 11.9 Å². The molecule has 2 aliphatic rings. The third-order valence-electron chi connectivity index (χ3n) is 6.22. The molecule has 3 rings (SSSR count). The average molecular weight is 449 g/mol. The molecule has 0 aliphatic carbocycles. The number of amides is 2. The zero-order valence-corrected chi connectivity index (χ0v) is 17.9. The second kappa shape index (κ2) is 8.35. The van der Waals surface area contributed by atoms with E-state index >= 15 is 0 Å². The van der Waals surface area contributed by atoms with Gasteiger partial charge in [-0.05, 0) is 37.1 Å². The first-order valence-electron chi connectivity index (χ1n) is 9.92. The molecular formula is C19H27F3N4O3S. The van der Waals surface area contributed by atoms with Gasteiger partial charge in [-0.3, -0.25) is 4.90 Å². The van der Waals surface area contributed by atoms with Crippen LogP contribution in [0.15, 0.2) is 29.2 Å². The van der Waals surface area contributed by atoms with Gasteiger partial charge in [0, 0.05) is 51.9 Å². The number of rotatable bonds is 4. The second-order valence-corrected chi connectivity index (χ2v) is 9.66. The highest BCUT2D eigenvalue weighted by molar-refractivity contribution is 7.89. The number of alkyl halides is 3. The van der Waals surface area contributed by atoms with Gasteiger partial charge in [-0.1, -0.05) is 6.92 Å². The van der Waals surface area contributed by atoms with Crippen LogP contribution in [-0.4, -0.2) is 80.4 Å². The summed E-state index contributed by atoms with van der Waals surface area (Å²) in [5.74, 6) is 0. The van der Waals surface area contributed by atoms with E-state index in [2.05, 4.69) is 17.1 Å². The van der Waals surface area contributed by atoms with Crippen molar-refractivity contribution in [2.24, 2.45) is 0 Å². The van der Waals surface area contributed by atoms with Crippen molar-refractivity contribution in [2.75, 3.05) is 46.3 Å². The topological polar surface area (TPSA) is 73.0 Å². The van der Waals surface area contributed by atoms with Gasteiger partial charge in [-0.2, -0.15) is 17.5 Å². The van der Waals surface area contributed by atoms with E-state index in [4.69, 9.17) is 0 Å². The molecule has 2 saturated heterocycles. The molecule has 2 amide bonds. The van der Waals surface area contributed by atoms with Gasteiger partial charge in [0.05, 0.1) is 10.5 Å². The molecule has 1 N–H and O–H groups in total. The van der Waals surface area contributed by atoms with Gasteiger partial charge >= 0.3 is 12.2 Å². The van der Waals surface area contributed by atoms with Crippen LogP contribution in [0.4, 0.5) is 18.0 Å². The number of nitrogens with one attached hydrogen (secondary N) is 1.